The fourth-order valence-corrected chi connectivity index (χ4v) is 7.40. The molecule has 0 aliphatic heterocycles. The van der Waals surface area contributed by atoms with Crippen molar-refractivity contribution in [2.75, 3.05) is 0 Å². The number of fused-ring (bicyclic) bond motifs is 5. The van der Waals surface area contributed by atoms with Crippen LogP contribution in [0.3, 0.4) is 0 Å². The minimum Gasteiger partial charge on any atom is -0.392 e. The minimum absolute atomic E-state index is 0.0411. The SMILES string of the molecule is C[C@@]12CC[C@H]3c4ccccc4CC[C@@H]3[C@H]1CC1(CCCC1)C2O. The van der Waals surface area contributed by atoms with Crippen LogP contribution >= 0.6 is 0 Å². The first-order chi connectivity index (χ1) is 11.1. The maximum atomic E-state index is 11.3. The lowest BCUT2D eigenvalue weighted by Gasteiger charge is -2.50. The van der Waals surface area contributed by atoms with E-state index < -0.39 is 0 Å². The number of hydrogen-bond acceptors (Lipinski definition) is 1. The maximum Gasteiger partial charge on any atom is 0.0652 e. The average Bonchev–Trinajstić information content (AvgIpc) is 3.13. The summed E-state index contributed by atoms with van der Waals surface area (Å²) in [7, 11) is 0. The van der Waals surface area contributed by atoms with Crippen molar-refractivity contribution in [1.29, 1.82) is 0 Å². The first kappa shape index (κ1) is 14.5. The van der Waals surface area contributed by atoms with E-state index in [-0.39, 0.29) is 16.9 Å². The van der Waals surface area contributed by atoms with Gasteiger partial charge in [0.15, 0.2) is 0 Å². The Morgan fingerprint density at radius 3 is 2.65 bits per heavy atom. The third-order valence-corrected chi connectivity index (χ3v) is 8.51. The molecule has 0 bridgehead atoms. The first-order valence-corrected chi connectivity index (χ1v) is 9.90. The van der Waals surface area contributed by atoms with Gasteiger partial charge >= 0.3 is 0 Å². The van der Waals surface area contributed by atoms with Crippen molar-refractivity contribution < 1.29 is 5.11 Å². The molecule has 1 aromatic rings. The van der Waals surface area contributed by atoms with Gasteiger partial charge in [0.25, 0.3) is 0 Å². The first-order valence-electron chi connectivity index (χ1n) is 9.90. The zero-order valence-corrected chi connectivity index (χ0v) is 14.4. The molecule has 0 radical (unpaired) electrons. The Kier molecular flexibility index (Phi) is 3.06. The Balaban J connectivity index is 1.53. The summed E-state index contributed by atoms with van der Waals surface area (Å²) in [6.45, 7) is 2.44. The summed E-state index contributed by atoms with van der Waals surface area (Å²) < 4.78 is 0. The monoisotopic (exact) mass is 310 g/mol. The molecule has 5 atom stereocenters. The van der Waals surface area contributed by atoms with Gasteiger partial charge in [-0.05, 0) is 84.7 Å². The molecule has 1 N–H and O–H groups in total. The van der Waals surface area contributed by atoms with Crippen LogP contribution in [0.5, 0.6) is 0 Å². The largest absolute Gasteiger partial charge is 0.392 e. The number of hydrogen-bond donors (Lipinski definition) is 1. The molecule has 1 spiro atoms. The van der Waals surface area contributed by atoms with E-state index in [2.05, 4.69) is 31.2 Å². The quantitative estimate of drug-likeness (QED) is 0.709. The number of rotatable bonds is 0. The van der Waals surface area contributed by atoms with Crippen molar-refractivity contribution in [3.05, 3.63) is 35.4 Å². The summed E-state index contributed by atoms with van der Waals surface area (Å²) >= 11 is 0. The van der Waals surface area contributed by atoms with Gasteiger partial charge in [-0.2, -0.15) is 0 Å². The maximum absolute atomic E-state index is 11.3. The highest BCUT2D eigenvalue weighted by atomic mass is 16.3. The zero-order valence-electron chi connectivity index (χ0n) is 14.4. The van der Waals surface area contributed by atoms with E-state index in [4.69, 9.17) is 0 Å². The van der Waals surface area contributed by atoms with Gasteiger partial charge in [-0.3, -0.25) is 0 Å². The highest BCUT2D eigenvalue weighted by Gasteiger charge is 2.63. The van der Waals surface area contributed by atoms with Gasteiger partial charge in [0.05, 0.1) is 6.10 Å². The van der Waals surface area contributed by atoms with Crippen molar-refractivity contribution >= 4 is 0 Å². The van der Waals surface area contributed by atoms with Crippen molar-refractivity contribution in [2.45, 2.75) is 76.7 Å². The van der Waals surface area contributed by atoms with Crippen LogP contribution in [0.4, 0.5) is 0 Å². The van der Waals surface area contributed by atoms with Crippen LogP contribution in [0.15, 0.2) is 24.3 Å². The lowest BCUT2D eigenvalue weighted by atomic mass is 9.55. The molecule has 5 rings (SSSR count). The van der Waals surface area contributed by atoms with Gasteiger partial charge < -0.3 is 5.11 Å². The van der Waals surface area contributed by atoms with Crippen LogP contribution in [0.2, 0.25) is 0 Å². The Morgan fingerprint density at radius 1 is 1.04 bits per heavy atom. The van der Waals surface area contributed by atoms with Gasteiger partial charge in [-0.25, -0.2) is 0 Å². The Bertz CT molecular complexity index is 614. The standard InChI is InChI=1S/C22H30O/c1-21-13-10-17-16-7-3-2-6-15(16)8-9-18(17)19(21)14-22(20(21)23)11-4-5-12-22/h2-3,6-7,17-20,23H,4-5,8-14H2,1H3/t17-,18-,19+,20?,21+/m0/s1. The molecule has 1 nitrogen and oxygen atoms in total. The lowest BCUT2D eigenvalue weighted by Crippen LogP contribution is -2.45. The highest BCUT2D eigenvalue weighted by Crippen LogP contribution is 2.68. The van der Waals surface area contributed by atoms with Crippen LogP contribution in [0.25, 0.3) is 0 Å². The molecule has 1 aromatic carbocycles. The van der Waals surface area contributed by atoms with Gasteiger partial charge in [-0.1, -0.05) is 44.0 Å². The summed E-state index contributed by atoms with van der Waals surface area (Å²) in [5.74, 6) is 2.34. The molecule has 0 heterocycles. The Morgan fingerprint density at radius 2 is 1.83 bits per heavy atom. The normalized spacial score (nSPS) is 43.9. The number of aliphatic hydroxyl groups excluding tert-OH is 1. The van der Waals surface area contributed by atoms with E-state index in [0.29, 0.717) is 0 Å². The molecular weight excluding hydrogens is 280 g/mol. The van der Waals surface area contributed by atoms with Crippen molar-refractivity contribution in [3.63, 3.8) is 0 Å². The Labute approximate surface area is 140 Å². The highest BCUT2D eigenvalue weighted by molar-refractivity contribution is 5.35. The van der Waals surface area contributed by atoms with Crippen LogP contribution in [-0.2, 0) is 6.42 Å². The number of aryl methyl sites for hydroxylation is 1. The molecular formula is C22H30O. The van der Waals surface area contributed by atoms with Crippen molar-refractivity contribution in [2.24, 2.45) is 22.7 Å². The summed E-state index contributed by atoms with van der Waals surface area (Å²) in [6, 6.07) is 9.18. The van der Waals surface area contributed by atoms with E-state index in [1.807, 2.05) is 0 Å². The average molecular weight is 310 g/mol. The summed E-state index contributed by atoms with van der Waals surface area (Å²) in [4.78, 5) is 0. The molecule has 3 fully saturated rings. The molecule has 4 aliphatic rings. The predicted molar refractivity (Wildman–Crippen MR) is 93.3 cm³/mol. The molecule has 0 aromatic heterocycles. The second-order valence-electron chi connectivity index (χ2n) is 9.33. The van der Waals surface area contributed by atoms with Gasteiger partial charge in [0, 0.05) is 0 Å². The zero-order chi connectivity index (χ0) is 15.7. The minimum atomic E-state index is -0.0411. The third kappa shape index (κ3) is 1.83. The fourth-order valence-electron chi connectivity index (χ4n) is 7.40. The van der Waals surface area contributed by atoms with Crippen LogP contribution < -0.4 is 0 Å². The van der Waals surface area contributed by atoms with Crippen LogP contribution in [-0.4, -0.2) is 11.2 Å². The van der Waals surface area contributed by atoms with Crippen LogP contribution in [0, 0.1) is 22.7 Å². The number of benzene rings is 1. The van der Waals surface area contributed by atoms with Gasteiger partial charge in [0.2, 0.25) is 0 Å². The van der Waals surface area contributed by atoms with Gasteiger partial charge in [0.1, 0.15) is 0 Å². The van der Waals surface area contributed by atoms with E-state index in [1.165, 1.54) is 57.8 Å². The summed E-state index contributed by atoms with van der Waals surface area (Å²) in [5.41, 5.74) is 3.72. The van der Waals surface area contributed by atoms with Crippen LogP contribution in [0.1, 0.15) is 75.3 Å². The molecule has 124 valence electrons. The van der Waals surface area contributed by atoms with Gasteiger partial charge in [-0.15, -0.1) is 0 Å². The summed E-state index contributed by atoms with van der Waals surface area (Å²) in [6.07, 6.45) is 11.7. The number of aliphatic hydroxyl groups is 1. The molecule has 23 heavy (non-hydrogen) atoms. The van der Waals surface area contributed by atoms with E-state index in [9.17, 15) is 5.11 Å². The summed E-state index contributed by atoms with van der Waals surface area (Å²) in [5, 5.41) is 11.3. The topological polar surface area (TPSA) is 20.2 Å². The molecule has 0 saturated heterocycles. The molecule has 0 amide bonds. The molecule has 1 unspecified atom stereocenters. The third-order valence-electron chi connectivity index (χ3n) is 8.51. The second-order valence-corrected chi connectivity index (χ2v) is 9.33. The smallest absolute Gasteiger partial charge is 0.0652 e. The predicted octanol–water partition coefficient (Wildman–Crippen LogP) is 5.07. The van der Waals surface area contributed by atoms with E-state index >= 15 is 0 Å². The van der Waals surface area contributed by atoms with Crippen molar-refractivity contribution in [3.8, 4) is 0 Å². The molecule has 3 saturated carbocycles. The van der Waals surface area contributed by atoms with Crippen molar-refractivity contribution in [1.82, 2.24) is 0 Å². The fraction of sp³-hybridized carbons (Fsp3) is 0.727. The lowest BCUT2D eigenvalue weighted by molar-refractivity contribution is -0.0530. The van der Waals surface area contributed by atoms with E-state index in [1.54, 1.807) is 11.1 Å². The molecule has 1 heteroatoms. The van der Waals surface area contributed by atoms with E-state index in [0.717, 1.165) is 17.8 Å². The second kappa shape index (κ2) is 4.85. The molecule has 4 aliphatic carbocycles. The Hall–Kier alpha value is -0.820.